The Kier molecular flexibility index (Phi) is 6.66. The summed E-state index contributed by atoms with van der Waals surface area (Å²) in [5, 5.41) is 10.9. The SMILES string of the molecule is CCN(CC)S(=O)(=O)[NH2+][C@H](CC(C)C)C(=O)[O-]. The molecule has 0 saturated carbocycles. The number of nitrogens with zero attached hydrogens (tertiary/aromatic N) is 1. The Labute approximate surface area is 103 Å². The van der Waals surface area contributed by atoms with E-state index < -0.39 is 22.2 Å². The van der Waals surface area contributed by atoms with Gasteiger partial charge in [-0.3, -0.25) is 0 Å². The predicted molar refractivity (Wildman–Crippen MR) is 62.0 cm³/mol. The van der Waals surface area contributed by atoms with Gasteiger partial charge < -0.3 is 9.90 Å². The molecule has 0 aromatic rings. The second kappa shape index (κ2) is 6.93. The number of nitrogens with two attached hydrogens (primary N) is 1. The molecule has 0 aliphatic rings. The summed E-state index contributed by atoms with van der Waals surface area (Å²) in [6.07, 6.45) is 0.267. The van der Waals surface area contributed by atoms with Gasteiger partial charge in [-0.05, 0) is 5.92 Å². The van der Waals surface area contributed by atoms with Crippen LogP contribution < -0.4 is 9.83 Å². The highest BCUT2D eigenvalue weighted by Gasteiger charge is 2.28. The van der Waals surface area contributed by atoms with Gasteiger partial charge in [0, 0.05) is 19.5 Å². The molecule has 0 aliphatic carbocycles. The van der Waals surface area contributed by atoms with Crippen molar-refractivity contribution in [2.45, 2.75) is 40.2 Å². The minimum atomic E-state index is -3.62. The molecule has 0 radical (unpaired) electrons. The van der Waals surface area contributed by atoms with Crippen LogP contribution in [0, 0.1) is 5.92 Å². The first-order valence-corrected chi connectivity index (χ1v) is 7.30. The van der Waals surface area contributed by atoms with Crippen LogP contribution in [0.1, 0.15) is 34.1 Å². The molecule has 0 spiro atoms. The molecule has 6 nitrogen and oxygen atoms in total. The summed E-state index contributed by atoms with van der Waals surface area (Å²) in [5.74, 6) is -1.24. The molecule has 0 aromatic carbocycles. The summed E-state index contributed by atoms with van der Waals surface area (Å²) in [6.45, 7) is 7.77. The van der Waals surface area contributed by atoms with Crippen LogP contribution in [-0.4, -0.2) is 37.8 Å². The van der Waals surface area contributed by atoms with Crippen molar-refractivity contribution >= 4 is 16.2 Å². The monoisotopic (exact) mass is 266 g/mol. The topological polar surface area (TPSA) is 94.1 Å². The van der Waals surface area contributed by atoms with Gasteiger partial charge in [0.25, 0.3) is 0 Å². The Balaban J connectivity index is 4.80. The standard InChI is InChI=1S/C10H22N2O4S/c1-5-12(6-2)17(15,16)11-9(10(13)14)7-8(3)4/h8-9,11H,5-7H2,1-4H3,(H,13,14)/t9-/m1/s1. The molecule has 102 valence electrons. The molecule has 0 rings (SSSR count). The Morgan fingerprint density at radius 1 is 1.29 bits per heavy atom. The number of carbonyl (C=O) groups is 1. The second-order valence-electron chi connectivity index (χ2n) is 4.32. The maximum absolute atomic E-state index is 11.9. The number of carbonyl (C=O) groups excluding carboxylic acids is 1. The molecule has 0 heterocycles. The van der Waals surface area contributed by atoms with Crippen molar-refractivity contribution in [2.24, 2.45) is 5.92 Å². The van der Waals surface area contributed by atoms with Gasteiger partial charge in [0.15, 0.2) is 0 Å². The third-order valence-corrected chi connectivity index (χ3v) is 4.34. The van der Waals surface area contributed by atoms with Crippen LogP contribution in [-0.2, 0) is 15.0 Å². The summed E-state index contributed by atoms with van der Waals surface area (Å²) in [6, 6.07) is -1.06. The number of carboxylic acids is 1. The maximum Gasteiger partial charge on any atom is 0.369 e. The molecular formula is C10H22N2O4S. The Morgan fingerprint density at radius 3 is 2.06 bits per heavy atom. The van der Waals surface area contributed by atoms with Crippen molar-refractivity contribution in [3.8, 4) is 0 Å². The Bertz CT molecular complexity index is 336. The van der Waals surface area contributed by atoms with Gasteiger partial charge in [-0.25, -0.2) is 4.72 Å². The lowest BCUT2D eigenvalue weighted by atomic mass is 10.1. The van der Waals surface area contributed by atoms with Crippen LogP contribution in [0.15, 0.2) is 0 Å². The average molecular weight is 266 g/mol. The van der Waals surface area contributed by atoms with Crippen molar-refractivity contribution in [1.29, 1.82) is 0 Å². The van der Waals surface area contributed by atoms with Gasteiger partial charge >= 0.3 is 10.2 Å². The molecule has 17 heavy (non-hydrogen) atoms. The van der Waals surface area contributed by atoms with Crippen molar-refractivity contribution in [2.75, 3.05) is 13.1 Å². The largest absolute Gasteiger partial charge is 0.544 e. The minimum Gasteiger partial charge on any atom is -0.544 e. The van der Waals surface area contributed by atoms with E-state index >= 15 is 0 Å². The minimum absolute atomic E-state index is 0.0982. The molecule has 0 fully saturated rings. The highest BCUT2D eigenvalue weighted by Crippen LogP contribution is 2.02. The van der Waals surface area contributed by atoms with Gasteiger partial charge in [0.1, 0.15) is 12.0 Å². The van der Waals surface area contributed by atoms with E-state index in [0.29, 0.717) is 13.1 Å². The van der Waals surface area contributed by atoms with E-state index in [9.17, 15) is 18.3 Å². The normalized spacial score (nSPS) is 14.2. The zero-order chi connectivity index (χ0) is 13.6. The van der Waals surface area contributed by atoms with Gasteiger partial charge in [-0.2, -0.15) is 12.7 Å². The lowest BCUT2D eigenvalue weighted by Gasteiger charge is -2.22. The predicted octanol–water partition coefficient (Wildman–Crippen LogP) is -1.70. The number of hydrogen-bond donors (Lipinski definition) is 1. The van der Waals surface area contributed by atoms with E-state index in [1.807, 2.05) is 13.8 Å². The molecule has 2 N–H and O–H groups in total. The Morgan fingerprint density at radius 2 is 1.76 bits per heavy atom. The van der Waals surface area contributed by atoms with E-state index in [1.165, 1.54) is 4.31 Å². The van der Waals surface area contributed by atoms with E-state index in [4.69, 9.17) is 0 Å². The van der Waals surface area contributed by atoms with E-state index in [0.717, 1.165) is 4.72 Å². The van der Waals surface area contributed by atoms with Crippen LogP contribution >= 0.6 is 0 Å². The van der Waals surface area contributed by atoms with Gasteiger partial charge in [0.2, 0.25) is 0 Å². The smallest absolute Gasteiger partial charge is 0.369 e. The van der Waals surface area contributed by atoms with Crippen molar-refractivity contribution in [1.82, 2.24) is 4.31 Å². The second-order valence-corrected chi connectivity index (χ2v) is 6.14. The quantitative estimate of drug-likeness (QED) is 0.566. The summed E-state index contributed by atoms with van der Waals surface area (Å²) in [7, 11) is -3.62. The summed E-state index contributed by atoms with van der Waals surface area (Å²) < 4.78 is 25.9. The first kappa shape index (κ1) is 16.3. The molecule has 0 aliphatic heterocycles. The van der Waals surface area contributed by atoms with Gasteiger partial charge in [0.05, 0.1) is 0 Å². The van der Waals surface area contributed by atoms with Gasteiger partial charge in [-0.15, -0.1) is 0 Å². The maximum atomic E-state index is 11.9. The summed E-state index contributed by atoms with van der Waals surface area (Å²) in [4.78, 5) is 10.9. The van der Waals surface area contributed by atoms with Crippen molar-refractivity contribution in [3.05, 3.63) is 0 Å². The number of rotatable bonds is 8. The highest BCUT2D eigenvalue weighted by molar-refractivity contribution is 7.82. The van der Waals surface area contributed by atoms with Crippen LogP contribution in [0.25, 0.3) is 0 Å². The van der Waals surface area contributed by atoms with E-state index in [2.05, 4.69) is 0 Å². The number of quaternary nitrogens is 1. The lowest BCUT2D eigenvalue weighted by Crippen LogP contribution is -2.97. The molecule has 7 heteroatoms. The number of hydrogen-bond acceptors (Lipinski definition) is 4. The molecule has 1 atom stereocenters. The number of aliphatic carboxylic acids is 1. The molecule has 0 unspecified atom stereocenters. The first-order chi connectivity index (χ1) is 7.74. The van der Waals surface area contributed by atoms with Crippen molar-refractivity contribution in [3.63, 3.8) is 0 Å². The molecule has 0 amide bonds. The average Bonchev–Trinajstić information content (AvgIpc) is 2.16. The summed E-state index contributed by atoms with van der Waals surface area (Å²) in [5.41, 5.74) is 0. The van der Waals surface area contributed by atoms with Crippen LogP contribution in [0.5, 0.6) is 0 Å². The first-order valence-electron chi connectivity index (χ1n) is 5.80. The van der Waals surface area contributed by atoms with E-state index in [1.54, 1.807) is 13.8 Å². The van der Waals surface area contributed by atoms with Crippen molar-refractivity contribution < 1.29 is 23.0 Å². The lowest BCUT2D eigenvalue weighted by molar-refractivity contribution is -0.546. The van der Waals surface area contributed by atoms with Crippen LogP contribution in [0.4, 0.5) is 0 Å². The Hall–Kier alpha value is -0.660. The fourth-order valence-corrected chi connectivity index (χ4v) is 3.12. The van der Waals surface area contributed by atoms with Gasteiger partial charge in [-0.1, -0.05) is 27.7 Å². The highest BCUT2D eigenvalue weighted by atomic mass is 32.2. The third-order valence-electron chi connectivity index (χ3n) is 2.43. The third kappa shape index (κ3) is 5.47. The summed E-state index contributed by atoms with van der Waals surface area (Å²) >= 11 is 0. The fraction of sp³-hybridized carbons (Fsp3) is 0.900. The molecule has 0 aromatic heterocycles. The molecule has 0 saturated heterocycles. The number of carboxylic acid groups (broad SMARTS) is 1. The van der Waals surface area contributed by atoms with Crippen LogP contribution in [0.3, 0.4) is 0 Å². The fourth-order valence-electron chi connectivity index (χ4n) is 1.59. The molecule has 0 bridgehead atoms. The zero-order valence-corrected chi connectivity index (χ0v) is 11.7. The molecular weight excluding hydrogens is 244 g/mol. The zero-order valence-electron chi connectivity index (χ0n) is 10.8. The van der Waals surface area contributed by atoms with E-state index in [-0.39, 0.29) is 12.3 Å². The van der Waals surface area contributed by atoms with Crippen LogP contribution in [0.2, 0.25) is 0 Å².